The summed E-state index contributed by atoms with van der Waals surface area (Å²) in [7, 11) is -3.99. The Morgan fingerprint density at radius 2 is 1.90 bits per heavy atom. The molecule has 20 heavy (non-hydrogen) atoms. The molecule has 0 aliphatic heterocycles. The van der Waals surface area contributed by atoms with Gasteiger partial charge in [-0.05, 0) is 37.3 Å². The number of anilines is 1. The Bertz CT molecular complexity index is 763. The molecule has 0 bridgehead atoms. The molecule has 0 amide bonds. The normalized spacial score (nSPS) is 11.3. The first-order valence-electron chi connectivity index (χ1n) is 5.44. The number of rotatable bonds is 3. The van der Waals surface area contributed by atoms with Crippen molar-refractivity contribution in [3.63, 3.8) is 0 Å². The van der Waals surface area contributed by atoms with Gasteiger partial charge in [0.05, 0.1) is 5.02 Å². The highest BCUT2D eigenvalue weighted by Crippen LogP contribution is 2.28. The van der Waals surface area contributed by atoms with Gasteiger partial charge in [-0.2, -0.15) is 0 Å². The van der Waals surface area contributed by atoms with Crippen molar-refractivity contribution in [1.82, 2.24) is 4.98 Å². The second-order valence-electron chi connectivity index (χ2n) is 4.00. The minimum absolute atomic E-state index is 0.0223. The zero-order valence-corrected chi connectivity index (χ0v) is 12.6. The van der Waals surface area contributed by atoms with Crippen molar-refractivity contribution in [2.45, 2.75) is 11.8 Å². The molecule has 1 aromatic heterocycles. The van der Waals surface area contributed by atoms with Gasteiger partial charge in [-0.3, -0.25) is 4.72 Å². The fraction of sp³-hybridized carbons (Fsp3) is 0.0833. The van der Waals surface area contributed by atoms with Crippen LogP contribution in [0.5, 0.6) is 5.75 Å². The van der Waals surface area contributed by atoms with E-state index in [2.05, 4.69) is 9.71 Å². The average molecular weight is 333 g/mol. The summed E-state index contributed by atoms with van der Waals surface area (Å²) in [4.78, 5) is 3.73. The van der Waals surface area contributed by atoms with Crippen LogP contribution in [0.1, 0.15) is 5.69 Å². The molecule has 1 heterocycles. The number of sulfonamides is 1. The number of aryl methyl sites for hydroxylation is 1. The molecule has 2 N–H and O–H groups in total. The van der Waals surface area contributed by atoms with Crippen molar-refractivity contribution in [2.75, 3.05) is 4.72 Å². The molecular weight excluding hydrogens is 323 g/mol. The van der Waals surface area contributed by atoms with Crippen LogP contribution in [0.2, 0.25) is 10.0 Å². The van der Waals surface area contributed by atoms with Gasteiger partial charge in [0.1, 0.15) is 4.90 Å². The molecule has 0 spiro atoms. The van der Waals surface area contributed by atoms with Crippen molar-refractivity contribution in [3.8, 4) is 5.75 Å². The second-order valence-corrected chi connectivity index (χ2v) is 6.50. The molecule has 0 aliphatic carbocycles. The van der Waals surface area contributed by atoms with E-state index in [1.165, 1.54) is 24.3 Å². The van der Waals surface area contributed by atoms with Crippen LogP contribution in [0.15, 0.2) is 35.2 Å². The largest absolute Gasteiger partial charge is 0.504 e. The predicted octanol–water partition coefficient (Wildman–Crippen LogP) is 3.20. The lowest BCUT2D eigenvalue weighted by atomic mass is 10.3. The summed E-state index contributed by atoms with van der Waals surface area (Å²) >= 11 is 11.6. The zero-order chi connectivity index (χ0) is 14.9. The van der Waals surface area contributed by atoms with E-state index in [0.717, 1.165) is 0 Å². The molecule has 106 valence electrons. The fourth-order valence-corrected chi connectivity index (χ4v) is 3.27. The van der Waals surface area contributed by atoms with Crippen LogP contribution >= 0.6 is 23.2 Å². The number of nitrogens with zero attached hydrogens (tertiary/aromatic N) is 1. The third-order valence-corrected chi connectivity index (χ3v) is 4.48. The molecule has 0 fully saturated rings. The highest BCUT2D eigenvalue weighted by molar-refractivity contribution is 7.92. The molecule has 1 aromatic carbocycles. The third-order valence-electron chi connectivity index (χ3n) is 2.43. The summed E-state index contributed by atoms with van der Waals surface area (Å²) in [5, 5.41) is 9.88. The van der Waals surface area contributed by atoms with E-state index in [1.807, 2.05) is 0 Å². The van der Waals surface area contributed by atoms with Crippen LogP contribution in [0, 0.1) is 6.92 Å². The van der Waals surface area contributed by atoms with E-state index >= 15 is 0 Å². The van der Waals surface area contributed by atoms with E-state index in [1.54, 1.807) is 13.0 Å². The van der Waals surface area contributed by atoms with E-state index in [0.29, 0.717) is 5.69 Å². The Labute approximate surface area is 126 Å². The van der Waals surface area contributed by atoms with Gasteiger partial charge < -0.3 is 5.11 Å². The summed E-state index contributed by atoms with van der Waals surface area (Å²) < 4.78 is 26.6. The fourth-order valence-electron chi connectivity index (χ4n) is 1.49. The molecule has 0 unspecified atom stereocenters. The molecule has 2 rings (SSSR count). The zero-order valence-electron chi connectivity index (χ0n) is 10.3. The predicted molar refractivity (Wildman–Crippen MR) is 77.9 cm³/mol. The molecule has 2 aromatic rings. The van der Waals surface area contributed by atoms with E-state index in [9.17, 15) is 13.5 Å². The number of hydrogen-bond acceptors (Lipinski definition) is 4. The molecule has 0 radical (unpaired) electrons. The lowest BCUT2D eigenvalue weighted by molar-refractivity contribution is 0.475. The van der Waals surface area contributed by atoms with Gasteiger partial charge in [-0.25, -0.2) is 13.4 Å². The van der Waals surface area contributed by atoms with E-state index in [4.69, 9.17) is 23.2 Å². The number of aromatic nitrogens is 1. The summed E-state index contributed by atoms with van der Waals surface area (Å²) in [6.07, 6.45) is 0. The first-order valence-corrected chi connectivity index (χ1v) is 7.68. The number of halogens is 2. The SMILES string of the molecule is Cc1ccc(O)c(NS(=O)(=O)c2cc(Cl)ccc2Cl)n1. The summed E-state index contributed by atoms with van der Waals surface area (Å²) in [6, 6.07) is 6.98. The van der Waals surface area contributed by atoms with Gasteiger partial charge in [-0.1, -0.05) is 23.2 Å². The Hall–Kier alpha value is -1.50. The van der Waals surface area contributed by atoms with Gasteiger partial charge in [0.2, 0.25) is 0 Å². The Morgan fingerprint density at radius 3 is 2.60 bits per heavy atom. The van der Waals surface area contributed by atoms with Gasteiger partial charge in [-0.15, -0.1) is 0 Å². The van der Waals surface area contributed by atoms with E-state index < -0.39 is 10.0 Å². The lowest BCUT2D eigenvalue weighted by Crippen LogP contribution is -2.14. The number of pyridine rings is 1. The molecule has 5 nitrogen and oxygen atoms in total. The third kappa shape index (κ3) is 3.15. The number of aromatic hydroxyl groups is 1. The Balaban J connectivity index is 2.46. The molecule has 0 saturated heterocycles. The molecule has 0 saturated carbocycles. The number of nitrogens with one attached hydrogen (secondary N) is 1. The number of hydrogen-bond donors (Lipinski definition) is 2. The maximum atomic E-state index is 12.2. The first kappa shape index (κ1) is 14.9. The first-order chi connectivity index (χ1) is 9.29. The quantitative estimate of drug-likeness (QED) is 0.904. The van der Waals surface area contributed by atoms with Crippen LogP contribution in [0.4, 0.5) is 5.82 Å². The van der Waals surface area contributed by atoms with Crippen molar-refractivity contribution in [3.05, 3.63) is 46.1 Å². The molecule has 0 aliphatic rings. The Morgan fingerprint density at radius 1 is 1.20 bits per heavy atom. The summed E-state index contributed by atoms with van der Waals surface area (Å²) in [6.45, 7) is 1.67. The van der Waals surface area contributed by atoms with E-state index in [-0.39, 0.29) is 26.5 Å². The minimum Gasteiger partial charge on any atom is -0.504 e. The minimum atomic E-state index is -3.99. The smallest absolute Gasteiger partial charge is 0.264 e. The average Bonchev–Trinajstić information content (AvgIpc) is 2.36. The van der Waals surface area contributed by atoms with Crippen LogP contribution in [0.25, 0.3) is 0 Å². The van der Waals surface area contributed by atoms with Crippen LogP contribution in [-0.2, 0) is 10.0 Å². The second kappa shape index (κ2) is 5.47. The standard InChI is InChI=1S/C12H10Cl2N2O3S/c1-7-2-5-10(17)12(15-7)16-20(18,19)11-6-8(13)3-4-9(11)14/h2-6,17H,1H3,(H,15,16). The molecule has 0 atom stereocenters. The maximum absolute atomic E-state index is 12.2. The van der Waals surface area contributed by atoms with Gasteiger partial charge in [0.25, 0.3) is 10.0 Å². The van der Waals surface area contributed by atoms with Crippen molar-refractivity contribution >= 4 is 39.0 Å². The molecule has 8 heteroatoms. The highest BCUT2D eigenvalue weighted by atomic mass is 35.5. The van der Waals surface area contributed by atoms with Gasteiger partial charge in [0.15, 0.2) is 11.6 Å². The Kier molecular flexibility index (Phi) is 4.08. The van der Waals surface area contributed by atoms with Gasteiger partial charge >= 0.3 is 0 Å². The van der Waals surface area contributed by atoms with Crippen LogP contribution < -0.4 is 4.72 Å². The molecular formula is C12H10Cl2N2O3S. The number of benzene rings is 1. The van der Waals surface area contributed by atoms with Crippen molar-refractivity contribution in [1.29, 1.82) is 0 Å². The highest BCUT2D eigenvalue weighted by Gasteiger charge is 2.20. The van der Waals surface area contributed by atoms with Gasteiger partial charge in [0, 0.05) is 10.7 Å². The summed E-state index contributed by atoms with van der Waals surface area (Å²) in [5.41, 5.74) is 0.553. The lowest BCUT2D eigenvalue weighted by Gasteiger charge is -2.10. The monoisotopic (exact) mass is 332 g/mol. The van der Waals surface area contributed by atoms with Crippen molar-refractivity contribution in [2.24, 2.45) is 0 Å². The maximum Gasteiger partial charge on any atom is 0.264 e. The van der Waals surface area contributed by atoms with Crippen molar-refractivity contribution < 1.29 is 13.5 Å². The van der Waals surface area contributed by atoms with Crippen LogP contribution in [-0.4, -0.2) is 18.5 Å². The topological polar surface area (TPSA) is 79.3 Å². The summed E-state index contributed by atoms with van der Waals surface area (Å²) in [5.74, 6) is -0.446. The van der Waals surface area contributed by atoms with Crippen LogP contribution in [0.3, 0.4) is 0 Å².